The predicted molar refractivity (Wildman–Crippen MR) is 98.4 cm³/mol. The van der Waals surface area contributed by atoms with Gasteiger partial charge in [0.05, 0.1) is 11.6 Å². The van der Waals surface area contributed by atoms with Gasteiger partial charge < -0.3 is 5.32 Å². The number of halogens is 1. The fraction of sp³-hybridized carbons (Fsp3) is 0.100. The third-order valence-corrected chi connectivity index (χ3v) is 3.82. The van der Waals surface area contributed by atoms with Crippen LogP contribution < -0.4 is 10.9 Å². The molecule has 0 atom stereocenters. The van der Waals surface area contributed by atoms with Crippen molar-refractivity contribution in [3.63, 3.8) is 0 Å². The lowest BCUT2D eigenvalue weighted by Crippen LogP contribution is -2.29. The van der Waals surface area contributed by atoms with Gasteiger partial charge in [-0.05, 0) is 49.4 Å². The fourth-order valence-electron chi connectivity index (χ4n) is 2.60. The van der Waals surface area contributed by atoms with Crippen LogP contribution in [0.4, 0.5) is 10.1 Å². The highest BCUT2D eigenvalue weighted by atomic mass is 19.1. The zero-order chi connectivity index (χ0) is 19.4. The number of nitrogens with zero attached hydrogens (tertiary/aromatic N) is 3. The number of rotatable bonds is 4. The van der Waals surface area contributed by atoms with E-state index in [0.29, 0.717) is 22.5 Å². The second kappa shape index (κ2) is 7.62. The summed E-state index contributed by atoms with van der Waals surface area (Å²) in [7, 11) is 0. The van der Waals surface area contributed by atoms with Crippen molar-refractivity contribution < 1.29 is 9.18 Å². The first-order chi connectivity index (χ1) is 13.0. The van der Waals surface area contributed by atoms with Crippen LogP contribution in [0.3, 0.4) is 0 Å². The number of aryl methyl sites for hydroxylation is 1. The smallest absolute Gasteiger partial charge is 0.254 e. The molecule has 1 heterocycles. The van der Waals surface area contributed by atoms with E-state index in [1.54, 1.807) is 25.1 Å². The molecule has 0 aliphatic rings. The Labute approximate surface area is 154 Å². The average Bonchev–Trinajstić information content (AvgIpc) is 2.64. The summed E-state index contributed by atoms with van der Waals surface area (Å²) in [5.74, 6) is -0.572. The van der Waals surface area contributed by atoms with Crippen molar-refractivity contribution >= 4 is 11.6 Å². The molecule has 3 rings (SSSR count). The molecule has 0 aliphatic carbocycles. The lowest BCUT2D eigenvalue weighted by Gasteiger charge is -2.13. The van der Waals surface area contributed by atoms with Crippen molar-refractivity contribution in [3.05, 3.63) is 82.0 Å². The van der Waals surface area contributed by atoms with E-state index in [1.807, 2.05) is 6.07 Å². The molecule has 0 unspecified atom stereocenters. The highest BCUT2D eigenvalue weighted by molar-refractivity contribution is 5.91. The second-order valence-electron chi connectivity index (χ2n) is 5.89. The molecule has 0 radical (unpaired) electrons. The number of carbonyl (C=O) groups is 1. The van der Waals surface area contributed by atoms with Gasteiger partial charge in [-0.2, -0.15) is 5.26 Å². The molecule has 6 nitrogen and oxygen atoms in total. The van der Waals surface area contributed by atoms with Crippen LogP contribution in [-0.2, 0) is 11.3 Å². The third-order valence-electron chi connectivity index (χ3n) is 3.82. The normalized spacial score (nSPS) is 10.3. The van der Waals surface area contributed by atoms with Gasteiger partial charge in [-0.25, -0.2) is 9.37 Å². The largest absolute Gasteiger partial charge is 0.324 e. The molecular weight excluding hydrogens is 347 g/mol. The molecule has 0 saturated carbocycles. The van der Waals surface area contributed by atoms with Crippen LogP contribution in [0.15, 0.2) is 59.4 Å². The Morgan fingerprint density at radius 2 is 1.96 bits per heavy atom. The zero-order valence-electron chi connectivity index (χ0n) is 14.4. The monoisotopic (exact) mass is 362 g/mol. The Kier molecular flexibility index (Phi) is 5.08. The Balaban J connectivity index is 1.92. The van der Waals surface area contributed by atoms with Crippen molar-refractivity contribution in [3.8, 4) is 17.5 Å². The molecule has 27 heavy (non-hydrogen) atoms. The van der Waals surface area contributed by atoms with Crippen LogP contribution in [-0.4, -0.2) is 15.5 Å². The maximum Gasteiger partial charge on any atom is 0.254 e. The van der Waals surface area contributed by atoms with Gasteiger partial charge in [-0.1, -0.05) is 6.07 Å². The highest BCUT2D eigenvalue weighted by Crippen LogP contribution is 2.17. The first-order valence-corrected chi connectivity index (χ1v) is 8.11. The van der Waals surface area contributed by atoms with Crippen LogP contribution in [0, 0.1) is 24.1 Å². The van der Waals surface area contributed by atoms with Crippen molar-refractivity contribution in [1.82, 2.24) is 9.55 Å². The van der Waals surface area contributed by atoms with Crippen LogP contribution in [0.25, 0.3) is 11.4 Å². The van der Waals surface area contributed by atoms with Crippen LogP contribution in [0.2, 0.25) is 0 Å². The molecule has 1 amide bonds. The SMILES string of the molecule is Cc1cc(=O)n(CC(=O)Nc2cccc(C#N)c2)c(-c2ccc(F)cc2)n1. The Bertz CT molecular complexity index is 1100. The number of nitrogens with one attached hydrogen (secondary N) is 1. The van der Waals surface area contributed by atoms with E-state index in [1.165, 1.54) is 41.0 Å². The first kappa shape index (κ1) is 18.0. The molecule has 0 aliphatic heterocycles. The maximum atomic E-state index is 13.2. The van der Waals surface area contributed by atoms with E-state index in [9.17, 15) is 14.0 Å². The van der Waals surface area contributed by atoms with Crippen molar-refractivity contribution in [2.75, 3.05) is 5.32 Å². The number of hydrogen-bond acceptors (Lipinski definition) is 4. The molecule has 2 aromatic carbocycles. The van der Waals surface area contributed by atoms with Gasteiger partial charge in [-0.3, -0.25) is 14.2 Å². The highest BCUT2D eigenvalue weighted by Gasteiger charge is 2.13. The molecule has 7 heteroatoms. The minimum atomic E-state index is -0.443. The van der Waals surface area contributed by atoms with Gasteiger partial charge in [0.15, 0.2) is 0 Å². The Morgan fingerprint density at radius 1 is 1.22 bits per heavy atom. The van der Waals surface area contributed by atoms with Crippen LogP contribution >= 0.6 is 0 Å². The average molecular weight is 362 g/mol. The number of carbonyl (C=O) groups excluding carboxylic acids is 1. The molecule has 134 valence electrons. The van der Waals surface area contributed by atoms with Crippen molar-refractivity contribution in [2.24, 2.45) is 0 Å². The van der Waals surface area contributed by atoms with Crippen LogP contribution in [0.5, 0.6) is 0 Å². The Morgan fingerprint density at radius 3 is 2.67 bits per heavy atom. The quantitative estimate of drug-likeness (QED) is 0.773. The summed E-state index contributed by atoms with van der Waals surface area (Å²) >= 11 is 0. The van der Waals surface area contributed by atoms with Gasteiger partial charge in [0, 0.05) is 23.0 Å². The summed E-state index contributed by atoms with van der Waals surface area (Å²) in [6, 6.07) is 15.3. The topological polar surface area (TPSA) is 87.8 Å². The molecule has 0 bridgehead atoms. The molecular formula is C20H15FN4O2. The molecule has 0 fully saturated rings. The minimum absolute atomic E-state index is 0.268. The van der Waals surface area contributed by atoms with E-state index in [0.717, 1.165) is 0 Å². The van der Waals surface area contributed by atoms with E-state index in [-0.39, 0.29) is 17.9 Å². The summed E-state index contributed by atoms with van der Waals surface area (Å²) in [6.45, 7) is 1.40. The molecule has 1 aromatic heterocycles. The van der Waals surface area contributed by atoms with Crippen LogP contribution in [0.1, 0.15) is 11.3 Å². The molecule has 0 spiro atoms. The number of hydrogen-bond donors (Lipinski definition) is 1. The van der Waals surface area contributed by atoms with Crippen molar-refractivity contribution in [1.29, 1.82) is 5.26 Å². The number of amides is 1. The van der Waals surface area contributed by atoms with Gasteiger partial charge >= 0.3 is 0 Å². The number of nitriles is 1. The van der Waals surface area contributed by atoms with Gasteiger partial charge in [0.25, 0.3) is 5.56 Å². The minimum Gasteiger partial charge on any atom is -0.324 e. The molecule has 3 aromatic rings. The molecule has 1 N–H and O–H groups in total. The number of aromatic nitrogens is 2. The summed E-state index contributed by atoms with van der Waals surface area (Å²) in [6.07, 6.45) is 0. The van der Waals surface area contributed by atoms with Gasteiger partial charge in [0.2, 0.25) is 5.91 Å². The summed E-state index contributed by atoms with van der Waals surface area (Å²) in [5.41, 5.74) is 1.50. The second-order valence-corrected chi connectivity index (χ2v) is 5.89. The molecule has 0 saturated heterocycles. The van der Waals surface area contributed by atoms with E-state index in [2.05, 4.69) is 10.3 Å². The fourth-order valence-corrected chi connectivity index (χ4v) is 2.60. The summed E-state index contributed by atoms with van der Waals surface area (Å²) in [5, 5.41) is 11.6. The maximum absolute atomic E-state index is 13.2. The number of anilines is 1. The first-order valence-electron chi connectivity index (χ1n) is 8.11. The lowest BCUT2D eigenvalue weighted by atomic mass is 10.2. The zero-order valence-corrected chi connectivity index (χ0v) is 14.4. The summed E-state index contributed by atoms with van der Waals surface area (Å²) in [4.78, 5) is 29.2. The lowest BCUT2D eigenvalue weighted by molar-refractivity contribution is -0.116. The van der Waals surface area contributed by atoms with E-state index in [4.69, 9.17) is 5.26 Å². The van der Waals surface area contributed by atoms with E-state index < -0.39 is 11.7 Å². The van der Waals surface area contributed by atoms with Gasteiger partial charge in [0.1, 0.15) is 18.2 Å². The third kappa shape index (κ3) is 4.25. The van der Waals surface area contributed by atoms with E-state index >= 15 is 0 Å². The summed E-state index contributed by atoms with van der Waals surface area (Å²) < 4.78 is 14.4. The predicted octanol–water partition coefficient (Wildman–Crippen LogP) is 2.87. The standard InChI is InChI=1S/C20H15FN4O2/c1-13-9-19(27)25(20(23-13)15-5-7-16(21)8-6-15)12-18(26)24-17-4-2-3-14(10-17)11-22/h2-10H,12H2,1H3,(H,24,26). The Hall–Kier alpha value is -3.79. The van der Waals surface area contributed by atoms with Crippen molar-refractivity contribution in [2.45, 2.75) is 13.5 Å². The van der Waals surface area contributed by atoms with Gasteiger partial charge in [-0.15, -0.1) is 0 Å². The number of benzene rings is 2.